The van der Waals surface area contributed by atoms with Gasteiger partial charge < -0.3 is 66.3 Å². The van der Waals surface area contributed by atoms with E-state index in [1.54, 1.807) is 0 Å². The van der Waals surface area contributed by atoms with Crippen LogP contribution < -0.4 is 56.8 Å². The summed E-state index contributed by atoms with van der Waals surface area (Å²) in [5.41, 5.74) is 0. The summed E-state index contributed by atoms with van der Waals surface area (Å²) in [5, 5.41) is 12.2. The molecule has 0 radical (unpaired) electrons. The molecule has 0 aromatic heterocycles. The van der Waals surface area contributed by atoms with E-state index in [9.17, 15) is 0 Å². The first-order chi connectivity index (χ1) is 52.4. The smallest absolute Gasteiger partial charge is 0.161 e. The molecule has 0 unspecified atom stereocenters. The highest BCUT2D eigenvalue weighted by Crippen LogP contribution is 2.50. The fourth-order valence-corrected chi connectivity index (χ4v) is 14.1. The van der Waals surface area contributed by atoms with E-state index < -0.39 is 0 Å². The second-order valence-corrected chi connectivity index (χ2v) is 29.0. The highest BCUT2D eigenvalue weighted by molar-refractivity contribution is 6.28. The Labute approximate surface area is 636 Å². The monoisotopic (exact) mass is 1460 g/mol. The number of fused-ring (bicyclic) bond motifs is 14. The Kier molecular flexibility index (Phi) is 37.2. The molecule has 0 saturated heterocycles. The normalized spacial score (nSPS) is 13.2. The Morgan fingerprint density at radius 3 is 0.462 bits per heavy atom. The minimum absolute atomic E-state index is 0.258. The minimum Gasteiger partial charge on any atom is -0.490 e. The van der Waals surface area contributed by atoms with Crippen LogP contribution in [0.3, 0.4) is 0 Å². The van der Waals surface area contributed by atoms with Gasteiger partial charge in [-0.3, -0.25) is 0 Å². The zero-order valence-electron chi connectivity index (χ0n) is 66.6. The second kappa shape index (κ2) is 47.6. The van der Waals surface area contributed by atoms with Gasteiger partial charge in [0.05, 0.1) is 79.3 Å². The molecule has 0 atom stereocenters. The Morgan fingerprint density at radius 1 is 0.179 bits per heavy atom. The Bertz CT molecular complexity index is 3370. The van der Waals surface area contributed by atoms with Gasteiger partial charge in [0.25, 0.3) is 0 Å². The summed E-state index contributed by atoms with van der Waals surface area (Å²) in [7, 11) is 0. The third kappa shape index (κ3) is 24.9. The molecule has 0 fully saturated rings. The molecule has 0 spiro atoms. The molecule has 8 aromatic carbocycles. The predicted molar refractivity (Wildman–Crippen MR) is 439 cm³/mol. The van der Waals surface area contributed by atoms with Gasteiger partial charge in [0.15, 0.2) is 69.0 Å². The molecule has 14 nitrogen and oxygen atoms in total. The van der Waals surface area contributed by atoms with Gasteiger partial charge in [-0.25, -0.2) is 0 Å². The molecule has 0 N–H and O–H groups in total. The van der Waals surface area contributed by atoms with Crippen LogP contribution >= 0.6 is 0 Å². The summed E-state index contributed by atoms with van der Waals surface area (Å²) in [5.74, 6) is 8.37. The van der Waals surface area contributed by atoms with Gasteiger partial charge in [-0.15, -0.1) is 0 Å². The fraction of sp³-hybridized carbons (Fsp3) is 0.609. The first-order valence-corrected chi connectivity index (χ1v) is 42.2. The van der Waals surface area contributed by atoms with Gasteiger partial charge in [-0.1, -0.05) is 209 Å². The van der Waals surface area contributed by atoms with E-state index in [2.05, 4.69) is 128 Å². The lowest BCUT2D eigenvalue weighted by molar-refractivity contribution is 0.0641. The molecule has 0 saturated carbocycles. The maximum atomic E-state index is 6.82. The zero-order valence-corrected chi connectivity index (χ0v) is 66.6. The summed E-state index contributed by atoms with van der Waals surface area (Å²) in [6.07, 6.45) is 35.2. The van der Waals surface area contributed by atoms with Gasteiger partial charge in [-0.2, -0.15) is 0 Å². The molecule has 584 valence electrons. The van der Waals surface area contributed by atoms with Crippen molar-refractivity contribution < 1.29 is 66.3 Å². The SMILES string of the molecule is CCCCCCOc1cc2c3cc(OCCCCCC)c(OCCCCCC)cc3c3cc4c(cc3c2cc1OCCCCCC)OCCOCCOc1cc2c3cc(OCCCCCC)c(OCCCCCC)cc3c3cc(OCCCCCC)c(OCCCCCC)cc3c2cc1OCCOCCO4. The molecule has 1 aliphatic rings. The molecule has 106 heavy (non-hydrogen) atoms. The van der Waals surface area contributed by atoms with Crippen LogP contribution in [0.25, 0.3) is 64.6 Å². The molecule has 9 rings (SSSR count). The highest BCUT2D eigenvalue weighted by Gasteiger charge is 2.24. The average Bonchev–Trinajstić information content (AvgIpc) is 0.733. The molecule has 1 heterocycles. The zero-order chi connectivity index (χ0) is 74.2. The maximum absolute atomic E-state index is 6.82. The molecule has 14 heteroatoms. The molecule has 0 amide bonds. The van der Waals surface area contributed by atoms with Crippen molar-refractivity contribution in [2.75, 3.05) is 106 Å². The van der Waals surface area contributed by atoms with Gasteiger partial charge in [0.2, 0.25) is 0 Å². The standard InChI is InChI=1S/C92H132O14/c1-9-17-25-33-41-95-81-57-69-70-58-82(96-42-34-26-18-10-2)86(100-46-38-30-22-14-6)62-74(70)78-66-90-89(65-77(78)73(69)61-85(81)99-45-37-29-21-13-5)103-53-49-93-51-55-105-91-67-79-75-63-87(101-47-39-31-23-15-7)83(97-43-35-27-19-11-3)59-71(75)72-60-84(98-44-36-28-20-12-4)88(102-48-40-32-24-16-8)64-76(72)80(79)68-92(91)106-56-52-94-50-54-104-90/h57-68H,9-56H2,1-8H3. The number of ether oxygens (including phenoxy) is 14. The summed E-state index contributed by atoms with van der Waals surface area (Å²) >= 11 is 0. The molecule has 1 aliphatic heterocycles. The first kappa shape index (κ1) is 82.9. The van der Waals surface area contributed by atoms with Crippen LogP contribution in [0.2, 0.25) is 0 Å². The lowest BCUT2D eigenvalue weighted by atomic mass is 9.93. The summed E-state index contributed by atoms with van der Waals surface area (Å²) in [6, 6.07) is 26.1. The Balaban J connectivity index is 1.09. The minimum atomic E-state index is 0.258. The van der Waals surface area contributed by atoms with E-state index >= 15 is 0 Å². The number of unbranched alkanes of at least 4 members (excludes halogenated alkanes) is 24. The van der Waals surface area contributed by atoms with Crippen LogP contribution in [0.1, 0.15) is 261 Å². The van der Waals surface area contributed by atoms with E-state index in [1.807, 2.05) is 0 Å². The van der Waals surface area contributed by atoms with Crippen LogP contribution in [-0.2, 0) is 9.47 Å². The Morgan fingerprint density at radius 2 is 0.321 bits per heavy atom. The molecular weight excluding hydrogens is 1330 g/mol. The van der Waals surface area contributed by atoms with E-state index in [-0.39, 0.29) is 26.4 Å². The van der Waals surface area contributed by atoms with Crippen LogP contribution in [0.15, 0.2) is 72.8 Å². The van der Waals surface area contributed by atoms with Gasteiger partial charge in [0.1, 0.15) is 26.4 Å². The largest absolute Gasteiger partial charge is 0.490 e. The van der Waals surface area contributed by atoms with E-state index in [0.717, 1.165) is 265 Å². The van der Waals surface area contributed by atoms with Gasteiger partial charge >= 0.3 is 0 Å². The summed E-state index contributed by atoms with van der Waals surface area (Å²) in [4.78, 5) is 0. The van der Waals surface area contributed by atoms with E-state index in [0.29, 0.717) is 102 Å². The third-order valence-corrected chi connectivity index (χ3v) is 20.2. The average molecular weight is 1460 g/mol. The third-order valence-electron chi connectivity index (χ3n) is 20.2. The van der Waals surface area contributed by atoms with Crippen molar-refractivity contribution in [3.8, 4) is 69.0 Å². The fourth-order valence-electron chi connectivity index (χ4n) is 14.1. The summed E-state index contributed by atoms with van der Waals surface area (Å²) in [6.45, 7) is 25.0. The Hall–Kier alpha value is -7.16. The topological polar surface area (TPSA) is 129 Å². The van der Waals surface area contributed by atoms with Crippen LogP contribution in [0.4, 0.5) is 0 Å². The van der Waals surface area contributed by atoms with Crippen molar-refractivity contribution >= 4 is 64.6 Å². The lowest BCUT2D eigenvalue weighted by Gasteiger charge is -2.21. The quantitative estimate of drug-likeness (QED) is 0.0265. The lowest BCUT2D eigenvalue weighted by Crippen LogP contribution is -2.15. The molecular formula is C92H132O14. The first-order valence-electron chi connectivity index (χ1n) is 42.2. The number of hydrogen-bond donors (Lipinski definition) is 0. The second-order valence-electron chi connectivity index (χ2n) is 29.0. The maximum Gasteiger partial charge on any atom is 0.161 e. The molecule has 8 aromatic rings. The van der Waals surface area contributed by atoms with Crippen molar-refractivity contribution in [2.24, 2.45) is 0 Å². The number of hydrogen-bond acceptors (Lipinski definition) is 14. The van der Waals surface area contributed by atoms with Crippen LogP contribution in [-0.4, -0.2) is 106 Å². The van der Waals surface area contributed by atoms with Crippen molar-refractivity contribution in [2.45, 2.75) is 261 Å². The predicted octanol–water partition coefficient (Wildman–Crippen LogP) is 25.5. The molecule has 0 aliphatic carbocycles. The number of benzene rings is 8. The van der Waals surface area contributed by atoms with Crippen molar-refractivity contribution in [3.63, 3.8) is 0 Å². The van der Waals surface area contributed by atoms with E-state index in [4.69, 9.17) is 66.3 Å². The van der Waals surface area contributed by atoms with Crippen molar-refractivity contribution in [1.82, 2.24) is 0 Å². The van der Waals surface area contributed by atoms with E-state index in [1.165, 1.54) is 51.4 Å². The number of rotatable bonds is 48. The van der Waals surface area contributed by atoms with Crippen LogP contribution in [0.5, 0.6) is 69.0 Å². The highest BCUT2D eigenvalue weighted by atomic mass is 16.6. The van der Waals surface area contributed by atoms with Gasteiger partial charge in [0, 0.05) is 0 Å². The summed E-state index contributed by atoms with van der Waals surface area (Å²) < 4.78 is 94.2. The van der Waals surface area contributed by atoms with Gasteiger partial charge in [-0.05, 0) is 189 Å². The van der Waals surface area contributed by atoms with Crippen molar-refractivity contribution in [1.29, 1.82) is 0 Å². The molecule has 0 bridgehead atoms. The van der Waals surface area contributed by atoms with Crippen LogP contribution in [0, 0.1) is 0 Å². The van der Waals surface area contributed by atoms with Crippen molar-refractivity contribution in [3.05, 3.63) is 72.8 Å².